The second kappa shape index (κ2) is 5.68. The first-order chi connectivity index (χ1) is 8.70. The molecule has 0 saturated heterocycles. The van der Waals surface area contributed by atoms with Gasteiger partial charge in [0.15, 0.2) is 0 Å². The molecule has 0 heterocycles. The molecule has 1 aromatic rings. The van der Waals surface area contributed by atoms with Crippen LogP contribution in [0.4, 0.5) is 5.69 Å². The highest BCUT2D eigenvalue weighted by molar-refractivity contribution is 5.92. The third-order valence-electron chi connectivity index (χ3n) is 3.80. The summed E-state index contributed by atoms with van der Waals surface area (Å²) < 4.78 is 0. The highest BCUT2D eigenvalue weighted by Gasteiger charge is 2.26. The SMILES string of the molecule is CC(C(=O)Nc1ccc(C#N)cc1)C1CCCC1. The predicted molar refractivity (Wildman–Crippen MR) is 70.9 cm³/mol. The minimum absolute atomic E-state index is 0.0724. The highest BCUT2D eigenvalue weighted by atomic mass is 16.1. The number of carbonyl (C=O) groups excluding carboxylic acids is 1. The number of hydrogen-bond acceptors (Lipinski definition) is 2. The van der Waals surface area contributed by atoms with Crippen LogP contribution in [0.2, 0.25) is 0 Å². The van der Waals surface area contributed by atoms with Gasteiger partial charge in [-0.05, 0) is 43.0 Å². The fourth-order valence-electron chi connectivity index (χ4n) is 2.56. The molecule has 18 heavy (non-hydrogen) atoms. The van der Waals surface area contributed by atoms with Gasteiger partial charge in [0.05, 0.1) is 11.6 Å². The topological polar surface area (TPSA) is 52.9 Å². The minimum Gasteiger partial charge on any atom is -0.326 e. The van der Waals surface area contributed by atoms with Crippen molar-refractivity contribution in [2.75, 3.05) is 5.32 Å². The third kappa shape index (κ3) is 2.89. The van der Waals surface area contributed by atoms with Crippen molar-refractivity contribution in [3.05, 3.63) is 29.8 Å². The smallest absolute Gasteiger partial charge is 0.227 e. The van der Waals surface area contributed by atoms with Gasteiger partial charge in [0.1, 0.15) is 0 Å². The molecule has 2 rings (SSSR count). The zero-order chi connectivity index (χ0) is 13.0. The molecule has 3 nitrogen and oxygen atoms in total. The minimum atomic E-state index is 0.0724. The Morgan fingerprint density at radius 3 is 2.50 bits per heavy atom. The zero-order valence-corrected chi connectivity index (χ0v) is 10.6. The molecule has 1 aliphatic carbocycles. The van der Waals surface area contributed by atoms with E-state index >= 15 is 0 Å². The average molecular weight is 242 g/mol. The standard InChI is InChI=1S/C15H18N2O/c1-11(13-4-2-3-5-13)15(18)17-14-8-6-12(10-16)7-9-14/h6-9,11,13H,2-5H2,1H3,(H,17,18). The summed E-state index contributed by atoms with van der Waals surface area (Å²) in [5.74, 6) is 0.693. The molecule has 1 unspecified atom stereocenters. The second-order valence-corrected chi connectivity index (χ2v) is 5.01. The summed E-state index contributed by atoms with van der Waals surface area (Å²) in [4.78, 5) is 12.1. The van der Waals surface area contributed by atoms with Gasteiger partial charge >= 0.3 is 0 Å². The quantitative estimate of drug-likeness (QED) is 0.884. The molecule has 94 valence electrons. The second-order valence-electron chi connectivity index (χ2n) is 5.01. The van der Waals surface area contributed by atoms with E-state index in [4.69, 9.17) is 5.26 Å². The summed E-state index contributed by atoms with van der Waals surface area (Å²) in [5.41, 5.74) is 1.38. The number of amides is 1. The summed E-state index contributed by atoms with van der Waals surface area (Å²) in [6.45, 7) is 2.01. The van der Waals surface area contributed by atoms with E-state index in [1.165, 1.54) is 25.7 Å². The van der Waals surface area contributed by atoms with E-state index in [9.17, 15) is 4.79 Å². The molecule has 0 aliphatic heterocycles. The van der Waals surface area contributed by atoms with Crippen molar-refractivity contribution >= 4 is 11.6 Å². The van der Waals surface area contributed by atoms with Crippen LogP contribution in [-0.4, -0.2) is 5.91 Å². The maximum atomic E-state index is 12.1. The number of carbonyl (C=O) groups is 1. The van der Waals surface area contributed by atoms with E-state index in [2.05, 4.69) is 11.4 Å². The Morgan fingerprint density at radius 1 is 1.33 bits per heavy atom. The number of benzene rings is 1. The van der Waals surface area contributed by atoms with Gasteiger partial charge in [-0.3, -0.25) is 4.79 Å². The molecule has 1 amide bonds. The normalized spacial score (nSPS) is 17.1. The Hall–Kier alpha value is -1.82. The fourth-order valence-corrected chi connectivity index (χ4v) is 2.56. The molecule has 3 heteroatoms. The fraction of sp³-hybridized carbons (Fsp3) is 0.467. The van der Waals surface area contributed by atoms with Crippen LogP contribution in [0.1, 0.15) is 38.2 Å². The third-order valence-corrected chi connectivity index (χ3v) is 3.80. The molecule has 0 aromatic heterocycles. The van der Waals surface area contributed by atoms with Crippen LogP contribution in [0.25, 0.3) is 0 Å². The number of rotatable bonds is 3. The van der Waals surface area contributed by atoms with Crippen LogP contribution in [-0.2, 0) is 4.79 Å². The number of nitriles is 1. The lowest BCUT2D eigenvalue weighted by Crippen LogP contribution is -2.25. The van der Waals surface area contributed by atoms with Gasteiger partial charge in [-0.15, -0.1) is 0 Å². The molecule has 1 N–H and O–H groups in total. The van der Waals surface area contributed by atoms with E-state index in [1.807, 2.05) is 6.92 Å². The van der Waals surface area contributed by atoms with Crippen LogP contribution >= 0.6 is 0 Å². The number of hydrogen-bond donors (Lipinski definition) is 1. The molecule has 0 bridgehead atoms. The Balaban J connectivity index is 1.95. The van der Waals surface area contributed by atoms with Crippen molar-refractivity contribution in [3.8, 4) is 6.07 Å². The largest absolute Gasteiger partial charge is 0.326 e. The molecule has 1 saturated carbocycles. The molecule has 0 radical (unpaired) electrons. The van der Waals surface area contributed by atoms with Gasteiger partial charge in [-0.2, -0.15) is 5.26 Å². The Bertz CT molecular complexity index is 452. The van der Waals surface area contributed by atoms with Gasteiger partial charge in [-0.1, -0.05) is 19.8 Å². The Kier molecular flexibility index (Phi) is 3.99. The number of anilines is 1. The Labute approximate surface area is 108 Å². The van der Waals surface area contributed by atoms with Crippen molar-refractivity contribution < 1.29 is 4.79 Å². The van der Waals surface area contributed by atoms with Crippen molar-refractivity contribution in [3.63, 3.8) is 0 Å². The van der Waals surface area contributed by atoms with Gasteiger partial charge in [0.2, 0.25) is 5.91 Å². The highest BCUT2D eigenvalue weighted by Crippen LogP contribution is 2.31. The lowest BCUT2D eigenvalue weighted by molar-refractivity contribution is -0.120. The van der Waals surface area contributed by atoms with E-state index in [1.54, 1.807) is 24.3 Å². The Morgan fingerprint density at radius 2 is 1.94 bits per heavy atom. The van der Waals surface area contributed by atoms with E-state index in [0.717, 1.165) is 5.69 Å². The maximum absolute atomic E-state index is 12.1. The summed E-state index contributed by atoms with van der Waals surface area (Å²) in [6.07, 6.45) is 4.84. The summed E-state index contributed by atoms with van der Waals surface area (Å²) in [6, 6.07) is 9.05. The maximum Gasteiger partial charge on any atom is 0.227 e. The molecule has 1 aliphatic rings. The van der Waals surface area contributed by atoms with Gasteiger partial charge in [0.25, 0.3) is 0 Å². The van der Waals surface area contributed by atoms with Crippen LogP contribution in [0.15, 0.2) is 24.3 Å². The number of nitrogens with zero attached hydrogens (tertiary/aromatic N) is 1. The first-order valence-electron chi connectivity index (χ1n) is 6.51. The summed E-state index contributed by atoms with van der Waals surface area (Å²) in [7, 11) is 0. The van der Waals surface area contributed by atoms with Crippen molar-refractivity contribution in [2.24, 2.45) is 11.8 Å². The van der Waals surface area contributed by atoms with Crippen molar-refractivity contribution in [1.29, 1.82) is 5.26 Å². The first kappa shape index (κ1) is 12.6. The molecular formula is C15H18N2O. The molecular weight excluding hydrogens is 224 g/mol. The molecule has 1 fully saturated rings. The molecule has 1 aromatic carbocycles. The summed E-state index contributed by atoms with van der Waals surface area (Å²) in [5, 5.41) is 11.6. The zero-order valence-electron chi connectivity index (χ0n) is 10.6. The summed E-state index contributed by atoms with van der Waals surface area (Å²) >= 11 is 0. The van der Waals surface area contributed by atoms with Crippen LogP contribution in [0.5, 0.6) is 0 Å². The van der Waals surface area contributed by atoms with Crippen molar-refractivity contribution in [1.82, 2.24) is 0 Å². The van der Waals surface area contributed by atoms with Crippen LogP contribution < -0.4 is 5.32 Å². The lowest BCUT2D eigenvalue weighted by atomic mass is 9.92. The van der Waals surface area contributed by atoms with Crippen LogP contribution in [0.3, 0.4) is 0 Å². The van der Waals surface area contributed by atoms with E-state index < -0.39 is 0 Å². The predicted octanol–water partition coefficient (Wildman–Crippen LogP) is 3.32. The molecule has 1 atom stereocenters. The van der Waals surface area contributed by atoms with Gasteiger partial charge < -0.3 is 5.32 Å². The van der Waals surface area contributed by atoms with E-state index in [0.29, 0.717) is 11.5 Å². The first-order valence-corrected chi connectivity index (χ1v) is 6.51. The lowest BCUT2D eigenvalue weighted by Gasteiger charge is -2.18. The molecule has 0 spiro atoms. The van der Waals surface area contributed by atoms with Crippen molar-refractivity contribution in [2.45, 2.75) is 32.6 Å². The van der Waals surface area contributed by atoms with Crippen LogP contribution in [0, 0.1) is 23.2 Å². The number of nitrogens with one attached hydrogen (secondary N) is 1. The monoisotopic (exact) mass is 242 g/mol. The average Bonchev–Trinajstić information content (AvgIpc) is 2.92. The van der Waals surface area contributed by atoms with Gasteiger partial charge in [0, 0.05) is 11.6 Å². The van der Waals surface area contributed by atoms with Gasteiger partial charge in [-0.25, -0.2) is 0 Å². The van der Waals surface area contributed by atoms with E-state index in [-0.39, 0.29) is 11.8 Å².